The molecule has 1 saturated heterocycles. The van der Waals surface area contributed by atoms with Crippen LogP contribution in [-0.4, -0.2) is 54.0 Å². The molecule has 0 aromatic carbocycles. The van der Waals surface area contributed by atoms with Gasteiger partial charge in [-0.3, -0.25) is 20.0 Å². The molecule has 17 heavy (non-hydrogen) atoms. The number of hydrogen-bond donors (Lipinski definition) is 2. The number of nitrogens with two attached hydrogens (primary N) is 1. The fourth-order valence-corrected chi connectivity index (χ4v) is 2.41. The van der Waals surface area contributed by atoms with Crippen LogP contribution in [0.3, 0.4) is 0 Å². The van der Waals surface area contributed by atoms with E-state index in [0.717, 1.165) is 39.0 Å². The predicted octanol–water partition coefficient (Wildman–Crippen LogP) is 0.171. The summed E-state index contributed by atoms with van der Waals surface area (Å²) in [5.74, 6) is 5.20. The van der Waals surface area contributed by atoms with Crippen LogP contribution < -0.4 is 11.3 Å². The Morgan fingerprint density at radius 2 is 1.76 bits per heavy atom. The zero-order valence-corrected chi connectivity index (χ0v) is 11.3. The number of hydrogen-bond acceptors (Lipinski definition) is 4. The van der Waals surface area contributed by atoms with E-state index in [1.54, 1.807) is 0 Å². The lowest BCUT2D eigenvalue weighted by Crippen LogP contribution is -2.56. The minimum absolute atomic E-state index is 0.0511. The molecular weight excluding hydrogens is 216 g/mol. The van der Waals surface area contributed by atoms with Gasteiger partial charge in [0.1, 0.15) is 0 Å². The minimum atomic E-state index is -0.0562. The van der Waals surface area contributed by atoms with Crippen LogP contribution in [0.5, 0.6) is 0 Å². The van der Waals surface area contributed by atoms with E-state index < -0.39 is 0 Å². The fraction of sp³-hybridized carbons (Fsp3) is 0.917. The Labute approximate surface area is 104 Å². The maximum atomic E-state index is 11.7. The fourth-order valence-electron chi connectivity index (χ4n) is 2.41. The molecule has 1 fully saturated rings. The van der Waals surface area contributed by atoms with Crippen LogP contribution in [0.1, 0.15) is 33.6 Å². The summed E-state index contributed by atoms with van der Waals surface area (Å²) in [7, 11) is 0. The molecule has 5 nitrogen and oxygen atoms in total. The molecule has 1 rings (SSSR count). The maximum Gasteiger partial charge on any atom is 0.251 e. The Balaban J connectivity index is 2.51. The van der Waals surface area contributed by atoms with Crippen LogP contribution in [0.15, 0.2) is 0 Å². The first kappa shape index (κ1) is 14.4. The number of carbonyl (C=O) groups excluding carboxylic acids is 1. The molecule has 0 aliphatic carbocycles. The van der Waals surface area contributed by atoms with E-state index in [4.69, 9.17) is 5.84 Å². The van der Waals surface area contributed by atoms with Crippen LogP contribution in [0.4, 0.5) is 0 Å². The lowest BCUT2D eigenvalue weighted by molar-refractivity contribution is -0.127. The number of nitrogens with zero attached hydrogens (tertiary/aromatic N) is 2. The van der Waals surface area contributed by atoms with Crippen molar-refractivity contribution in [1.82, 2.24) is 15.2 Å². The Bertz CT molecular complexity index is 237. The summed E-state index contributed by atoms with van der Waals surface area (Å²) in [4.78, 5) is 16.4. The maximum absolute atomic E-state index is 11.7. The van der Waals surface area contributed by atoms with Gasteiger partial charge < -0.3 is 0 Å². The standard InChI is InChI=1S/C12H26N4O/c1-4-5-11(12(17)14-13)16-8-6-15(7-9-16)10(2)3/h10-11H,4-9,13H2,1-3H3,(H,14,17). The largest absolute Gasteiger partial charge is 0.298 e. The van der Waals surface area contributed by atoms with Gasteiger partial charge >= 0.3 is 0 Å². The second-order valence-corrected chi connectivity index (χ2v) is 4.98. The highest BCUT2D eigenvalue weighted by Crippen LogP contribution is 2.12. The molecule has 0 spiro atoms. The molecule has 1 aliphatic heterocycles. The van der Waals surface area contributed by atoms with Crippen LogP contribution in [0, 0.1) is 0 Å². The SMILES string of the molecule is CCCC(C(=O)NN)N1CCN(C(C)C)CC1. The van der Waals surface area contributed by atoms with Gasteiger partial charge in [-0.05, 0) is 20.3 Å². The highest BCUT2D eigenvalue weighted by atomic mass is 16.2. The van der Waals surface area contributed by atoms with E-state index in [0.29, 0.717) is 6.04 Å². The van der Waals surface area contributed by atoms with Gasteiger partial charge in [0.05, 0.1) is 6.04 Å². The van der Waals surface area contributed by atoms with Crippen LogP contribution in [-0.2, 0) is 4.79 Å². The average Bonchev–Trinajstić information content (AvgIpc) is 2.35. The number of piperazine rings is 1. The summed E-state index contributed by atoms with van der Waals surface area (Å²) < 4.78 is 0. The molecule has 0 aromatic heterocycles. The molecule has 0 aromatic rings. The molecular formula is C12H26N4O. The second kappa shape index (κ2) is 6.93. The van der Waals surface area contributed by atoms with Gasteiger partial charge in [-0.2, -0.15) is 0 Å². The topological polar surface area (TPSA) is 61.6 Å². The van der Waals surface area contributed by atoms with E-state index in [-0.39, 0.29) is 11.9 Å². The third-order valence-electron chi connectivity index (χ3n) is 3.53. The van der Waals surface area contributed by atoms with Gasteiger partial charge in [0, 0.05) is 32.2 Å². The summed E-state index contributed by atoms with van der Waals surface area (Å²) in [5, 5.41) is 0. The van der Waals surface area contributed by atoms with Crippen molar-refractivity contribution in [2.24, 2.45) is 5.84 Å². The van der Waals surface area contributed by atoms with E-state index >= 15 is 0 Å². The molecule has 3 N–H and O–H groups in total. The van der Waals surface area contributed by atoms with E-state index in [1.165, 1.54) is 0 Å². The minimum Gasteiger partial charge on any atom is -0.298 e. The molecule has 1 amide bonds. The van der Waals surface area contributed by atoms with Crippen molar-refractivity contribution < 1.29 is 4.79 Å². The van der Waals surface area contributed by atoms with Crippen molar-refractivity contribution in [1.29, 1.82) is 0 Å². The first-order valence-electron chi connectivity index (χ1n) is 6.58. The quantitative estimate of drug-likeness (QED) is 0.410. The van der Waals surface area contributed by atoms with Gasteiger partial charge in [-0.1, -0.05) is 13.3 Å². The van der Waals surface area contributed by atoms with Crippen LogP contribution in [0.25, 0.3) is 0 Å². The predicted molar refractivity (Wildman–Crippen MR) is 69.3 cm³/mol. The number of amides is 1. The number of hydrazine groups is 1. The number of rotatable bonds is 5. The number of nitrogens with one attached hydrogen (secondary N) is 1. The summed E-state index contributed by atoms with van der Waals surface area (Å²) >= 11 is 0. The number of carbonyl (C=O) groups is 1. The van der Waals surface area contributed by atoms with Crippen molar-refractivity contribution in [2.45, 2.75) is 45.7 Å². The van der Waals surface area contributed by atoms with Gasteiger partial charge in [0.2, 0.25) is 0 Å². The first-order chi connectivity index (χ1) is 8.10. The average molecular weight is 242 g/mol. The Kier molecular flexibility index (Phi) is 5.88. The Hall–Kier alpha value is -0.650. The molecule has 1 unspecified atom stereocenters. The summed E-state index contributed by atoms with van der Waals surface area (Å²) in [6.07, 6.45) is 1.88. The Morgan fingerprint density at radius 1 is 1.24 bits per heavy atom. The highest BCUT2D eigenvalue weighted by molar-refractivity contribution is 5.81. The second-order valence-electron chi connectivity index (χ2n) is 4.98. The summed E-state index contributed by atoms with van der Waals surface area (Å²) in [5.41, 5.74) is 2.29. The van der Waals surface area contributed by atoms with Gasteiger partial charge in [0.15, 0.2) is 0 Å². The zero-order valence-electron chi connectivity index (χ0n) is 11.3. The van der Waals surface area contributed by atoms with Crippen molar-refractivity contribution >= 4 is 5.91 Å². The third kappa shape index (κ3) is 3.94. The molecule has 5 heteroatoms. The van der Waals surface area contributed by atoms with Crippen molar-refractivity contribution in [3.05, 3.63) is 0 Å². The molecule has 0 bridgehead atoms. The third-order valence-corrected chi connectivity index (χ3v) is 3.53. The first-order valence-corrected chi connectivity index (χ1v) is 6.58. The van der Waals surface area contributed by atoms with Gasteiger partial charge in [0.25, 0.3) is 5.91 Å². The van der Waals surface area contributed by atoms with Crippen LogP contribution >= 0.6 is 0 Å². The van der Waals surface area contributed by atoms with Crippen molar-refractivity contribution in [2.75, 3.05) is 26.2 Å². The molecule has 1 atom stereocenters. The van der Waals surface area contributed by atoms with E-state index in [1.807, 2.05) is 0 Å². The molecule has 0 radical (unpaired) electrons. The van der Waals surface area contributed by atoms with Crippen LogP contribution in [0.2, 0.25) is 0 Å². The lowest BCUT2D eigenvalue weighted by Gasteiger charge is -2.40. The molecule has 1 heterocycles. The van der Waals surface area contributed by atoms with Crippen molar-refractivity contribution in [3.8, 4) is 0 Å². The molecule has 100 valence electrons. The normalized spacial score (nSPS) is 20.5. The van der Waals surface area contributed by atoms with Gasteiger partial charge in [-0.25, -0.2) is 5.84 Å². The lowest BCUT2D eigenvalue weighted by atomic mass is 10.1. The molecule has 1 aliphatic rings. The summed E-state index contributed by atoms with van der Waals surface area (Å²) in [6.45, 7) is 10.5. The highest BCUT2D eigenvalue weighted by Gasteiger charge is 2.28. The smallest absolute Gasteiger partial charge is 0.251 e. The zero-order chi connectivity index (χ0) is 12.8. The monoisotopic (exact) mass is 242 g/mol. The van der Waals surface area contributed by atoms with E-state index in [9.17, 15) is 4.79 Å². The van der Waals surface area contributed by atoms with Crippen molar-refractivity contribution in [3.63, 3.8) is 0 Å². The summed E-state index contributed by atoms with van der Waals surface area (Å²) in [6, 6.07) is 0.532. The van der Waals surface area contributed by atoms with E-state index in [2.05, 4.69) is 36.0 Å². The molecule has 0 saturated carbocycles. The van der Waals surface area contributed by atoms with Gasteiger partial charge in [-0.15, -0.1) is 0 Å². The Morgan fingerprint density at radius 3 is 2.18 bits per heavy atom.